The monoisotopic (exact) mass is 446 g/mol. The van der Waals surface area contributed by atoms with Crippen LogP contribution in [0.15, 0.2) is 71.4 Å². The van der Waals surface area contributed by atoms with Crippen molar-refractivity contribution in [2.24, 2.45) is 0 Å². The molecule has 0 atom stereocenters. The number of carbonyl (C=O) groups is 1. The van der Waals surface area contributed by atoms with Gasteiger partial charge in [-0.3, -0.25) is 4.79 Å². The summed E-state index contributed by atoms with van der Waals surface area (Å²) < 4.78 is 5.52. The minimum Gasteiger partial charge on any atom is -0.382 e. The molecule has 2 aromatic heterocycles. The zero-order valence-corrected chi connectivity index (χ0v) is 18.1. The summed E-state index contributed by atoms with van der Waals surface area (Å²) in [7, 11) is 0. The van der Waals surface area contributed by atoms with Crippen LogP contribution in [0.4, 0.5) is 5.82 Å². The van der Waals surface area contributed by atoms with Gasteiger partial charge in [-0.2, -0.15) is 0 Å². The highest BCUT2D eigenvalue weighted by molar-refractivity contribution is 5.94. The van der Waals surface area contributed by atoms with Gasteiger partial charge in [-0.05, 0) is 25.1 Å². The van der Waals surface area contributed by atoms with Gasteiger partial charge in [-0.25, -0.2) is 9.97 Å². The molecule has 5 rings (SSSR count). The normalized spacial score (nSPS) is 14.1. The average molecular weight is 447 g/mol. The first-order chi connectivity index (χ1) is 16.2. The Morgan fingerprint density at radius 2 is 1.79 bits per heavy atom. The molecule has 3 heterocycles. The van der Waals surface area contributed by atoms with E-state index in [0.717, 1.165) is 43.7 Å². The van der Waals surface area contributed by atoms with Crippen molar-refractivity contribution in [2.45, 2.75) is 6.42 Å². The minimum absolute atomic E-state index is 0. The Labute approximate surface area is 195 Å². The van der Waals surface area contributed by atoms with E-state index in [1.807, 2.05) is 59.5 Å². The molecule has 0 saturated carbocycles. The Hall–Kier alpha value is -4.04. The second kappa shape index (κ2) is 9.22. The van der Waals surface area contributed by atoms with E-state index < -0.39 is 0 Å². The summed E-state index contributed by atoms with van der Waals surface area (Å²) in [5.41, 5.74) is 10.3. The molecule has 1 amide bonds. The van der Waals surface area contributed by atoms with E-state index in [4.69, 9.17) is 10.3 Å². The molecule has 4 aromatic rings. The number of benzene rings is 2. The standard InChI is InChI=1S/C25H24N6O2.3H2/c26-24-23(22-15-20(30-33-22)17-5-2-1-3-6-17)29-21(16-28-24)18-7-9-19(10-8-18)25(32)31-13-4-11-27-12-14-31;;;/h1-3,5-10,15-16,27H,4,11-14H2,(H2,26,28);3*1H. The molecule has 1 fully saturated rings. The van der Waals surface area contributed by atoms with Crippen LogP contribution in [0.5, 0.6) is 0 Å². The molecular weight excluding hydrogens is 416 g/mol. The molecule has 0 spiro atoms. The van der Waals surface area contributed by atoms with Crippen LogP contribution < -0.4 is 11.1 Å². The Balaban J connectivity index is 0.00000152. The van der Waals surface area contributed by atoms with E-state index in [-0.39, 0.29) is 16.0 Å². The third kappa shape index (κ3) is 4.47. The molecule has 8 nitrogen and oxygen atoms in total. The van der Waals surface area contributed by atoms with Gasteiger partial charge in [0.1, 0.15) is 5.69 Å². The van der Waals surface area contributed by atoms with E-state index in [9.17, 15) is 4.79 Å². The van der Waals surface area contributed by atoms with Crippen molar-refractivity contribution in [3.05, 3.63) is 72.4 Å². The van der Waals surface area contributed by atoms with E-state index >= 15 is 0 Å². The highest BCUT2D eigenvalue weighted by atomic mass is 16.5. The Morgan fingerprint density at radius 1 is 1.00 bits per heavy atom. The van der Waals surface area contributed by atoms with E-state index in [2.05, 4.69) is 20.4 Å². The predicted molar refractivity (Wildman–Crippen MR) is 133 cm³/mol. The summed E-state index contributed by atoms with van der Waals surface area (Å²) in [4.78, 5) is 23.7. The molecule has 8 heteroatoms. The molecule has 0 bridgehead atoms. The fraction of sp³-hybridized carbons (Fsp3) is 0.200. The maximum atomic E-state index is 12.8. The molecule has 0 aliphatic carbocycles. The first kappa shape index (κ1) is 20.8. The summed E-state index contributed by atoms with van der Waals surface area (Å²) >= 11 is 0. The van der Waals surface area contributed by atoms with E-state index in [1.54, 1.807) is 12.3 Å². The number of nitrogen functional groups attached to an aromatic ring is 1. The largest absolute Gasteiger partial charge is 0.382 e. The highest BCUT2D eigenvalue weighted by Gasteiger charge is 2.18. The number of nitrogens with one attached hydrogen (secondary N) is 1. The van der Waals surface area contributed by atoms with Crippen LogP contribution in [0.2, 0.25) is 0 Å². The lowest BCUT2D eigenvalue weighted by Crippen LogP contribution is -2.34. The lowest BCUT2D eigenvalue weighted by molar-refractivity contribution is 0.0766. The molecule has 1 aliphatic rings. The van der Waals surface area contributed by atoms with Gasteiger partial charge in [-0.1, -0.05) is 47.6 Å². The number of amides is 1. The lowest BCUT2D eigenvalue weighted by atomic mass is 10.1. The Kier molecular flexibility index (Phi) is 5.82. The van der Waals surface area contributed by atoms with Crippen LogP contribution >= 0.6 is 0 Å². The lowest BCUT2D eigenvalue weighted by Gasteiger charge is -2.20. The smallest absolute Gasteiger partial charge is 0.253 e. The molecule has 1 aliphatic heterocycles. The van der Waals surface area contributed by atoms with Crippen LogP contribution in [0.1, 0.15) is 21.1 Å². The molecule has 0 unspecified atom stereocenters. The second-order valence-electron chi connectivity index (χ2n) is 7.90. The van der Waals surface area contributed by atoms with Gasteiger partial charge < -0.3 is 20.5 Å². The van der Waals surface area contributed by atoms with Crippen molar-refractivity contribution in [2.75, 3.05) is 31.9 Å². The summed E-state index contributed by atoms with van der Waals surface area (Å²) in [5.74, 6) is 0.753. The number of carbonyl (C=O) groups excluding carboxylic acids is 1. The summed E-state index contributed by atoms with van der Waals surface area (Å²) in [6.07, 6.45) is 2.58. The van der Waals surface area contributed by atoms with Crippen molar-refractivity contribution in [1.82, 2.24) is 25.3 Å². The Bertz CT molecular complexity index is 1260. The second-order valence-corrected chi connectivity index (χ2v) is 7.90. The van der Waals surface area contributed by atoms with Crippen molar-refractivity contribution in [3.8, 4) is 34.0 Å². The highest BCUT2D eigenvalue weighted by Crippen LogP contribution is 2.29. The minimum atomic E-state index is 0. The van der Waals surface area contributed by atoms with Gasteiger partial charge in [0, 0.05) is 46.7 Å². The van der Waals surface area contributed by atoms with Gasteiger partial charge in [0.05, 0.1) is 11.9 Å². The van der Waals surface area contributed by atoms with Crippen LogP contribution in [0, 0.1) is 0 Å². The van der Waals surface area contributed by atoms with Gasteiger partial charge in [0.25, 0.3) is 5.91 Å². The fourth-order valence-electron chi connectivity index (χ4n) is 3.87. The molecule has 2 aromatic carbocycles. The molecule has 1 saturated heterocycles. The zero-order chi connectivity index (χ0) is 22.6. The van der Waals surface area contributed by atoms with Gasteiger partial charge >= 0.3 is 0 Å². The molecule has 33 heavy (non-hydrogen) atoms. The van der Waals surface area contributed by atoms with Gasteiger partial charge in [-0.15, -0.1) is 0 Å². The van der Waals surface area contributed by atoms with Gasteiger partial charge in [0.2, 0.25) is 0 Å². The summed E-state index contributed by atoms with van der Waals surface area (Å²) in [5, 5.41) is 7.46. The van der Waals surface area contributed by atoms with Crippen LogP contribution in [0.25, 0.3) is 34.0 Å². The van der Waals surface area contributed by atoms with Crippen molar-refractivity contribution in [1.29, 1.82) is 0 Å². The van der Waals surface area contributed by atoms with Crippen LogP contribution in [0.3, 0.4) is 0 Å². The van der Waals surface area contributed by atoms with Crippen LogP contribution in [-0.2, 0) is 0 Å². The number of hydrogen-bond acceptors (Lipinski definition) is 7. The maximum absolute atomic E-state index is 12.8. The number of nitrogens with zero attached hydrogens (tertiary/aromatic N) is 4. The Morgan fingerprint density at radius 3 is 2.61 bits per heavy atom. The molecule has 172 valence electrons. The maximum Gasteiger partial charge on any atom is 0.253 e. The summed E-state index contributed by atoms with van der Waals surface area (Å²) in [6.45, 7) is 3.25. The van der Waals surface area contributed by atoms with E-state index in [1.165, 1.54) is 0 Å². The average Bonchev–Trinajstić information content (AvgIpc) is 3.19. The predicted octanol–water partition coefficient (Wildman–Crippen LogP) is 4.22. The third-order valence-electron chi connectivity index (χ3n) is 5.67. The zero-order valence-electron chi connectivity index (χ0n) is 18.1. The van der Waals surface area contributed by atoms with E-state index in [0.29, 0.717) is 28.4 Å². The van der Waals surface area contributed by atoms with Crippen molar-refractivity contribution < 1.29 is 13.6 Å². The fourth-order valence-corrected chi connectivity index (χ4v) is 3.87. The number of nitrogens with two attached hydrogens (primary N) is 1. The number of hydrogen-bond donors (Lipinski definition) is 2. The van der Waals surface area contributed by atoms with Crippen molar-refractivity contribution in [3.63, 3.8) is 0 Å². The number of aromatic nitrogens is 3. The van der Waals surface area contributed by atoms with Gasteiger partial charge in [0.15, 0.2) is 17.3 Å². The molecule has 0 radical (unpaired) electrons. The third-order valence-corrected chi connectivity index (χ3v) is 5.67. The molecule has 3 N–H and O–H groups in total. The van der Waals surface area contributed by atoms with Crippen LogP contribution in [-0.4, -0.2) is 52.1 Å². The summed E-state index contributed by atoms with van der Waals surface area (Å²) in [6, 6.07) is 19.0. The number of rotatable bonds is 4. The van der Waals surface area contributed by atoms with Crippen molar-refractivity contribution >= 4 is 11.7 Å². The first-order valence-corrected chi connectivity index (χ1v) is 10.9. The first-order valence-electron chi connectivity index (χ1n) is 10.9. The topological polar surface area (TPSA) is 110 Å². The quantitative estimate of drug-likeness (QED) is 0.483. The number of anilines is 1. The SMILES string of the molecule is Nc1ncc(-c2ccc(C(=O)N3CCCNCC3)cc2)nc1-c1cc(-c2ccccc2)no1.[HH].[HH].[HH]. The molecular formula is C25H30N6O2.